The number of amides is 2. The molecule has 0 saturated carbocycles. The molecule has 2 fully saturated rings. The summed E-state index contributed by atoms with van der Waals surface area (Å²) in [6.07, 6.45) is 4.86. The van der Waals surface area contributed by atoms with Crippen LogP contribution in [-0.2, 0) is 9.59 Å². The lowest BCUT2D eigenvalue weighted by atomic mass is 9.85. The minimum absolute atomic E-state index is 0.170. The molecule has 0 bridgehead atoms. The fraction of sp³-hybridized carbons (Fsp3) is 0.161. The Bertz CT molecular complexity index is 1700. The van der Waals surface area contributed by atoms with Gasteiger partial charge in [-0.3, -0.25) is 29.3 Å². The highest BCUT2D eigenvalue weighted by Gasteiger charge is 2.63. The number of aryl methyl sites for hydroxylation is 1. The first kappa shape index (κ1) is 26.3. The molecule has 0 radical (unpaired) electrons. The van der Waals surface area contributed by atoms with Crippen LogP contribution in [0.25, 0.3) is 0 Å². The maximum atomic E-state index is 14.0. The SMILES string of the molecule is Cc1cc([N+](=O)[O-])ccc1N1C(=O)[C@@H]2[C@@H](C1=O)[C@@H](C(=O)c1ccc(Cl)cc1)N1C=CC(C(=O)c3ccccc3)=C[C@H]21. The molecule has 3 aromatic carbocycles. The van der Waals surface area contributed by atoms with Gasteiger partial charge in [0.25, 0.3) is 5.69 Å². The second-order valence-electron chi connectivity index (χ2n) is 10.2. The van der Waals surface area contributed by atoms with Gasteiger partial charge in [-0.05, 0) is 48.9 Å². The number of nitro benzene ring substituents is 1. The van der Waals surface area contributed by atoms with E-state index in [1.165, 1.54) is 18.2 Å². The number of ketones is 2. The van der Waals surface area contributed by atoms with Crippen LogP contribution in [0.3, 0.4) is 0 Å². The van der Waals surface area contributed by atoms with Gasteiger partial charge in [0.15, 0.2) is 11.6 Å². The first-order valence-electron chi connectivity index (χ1n) is 12.9. The quantitative estimate of drug-likeness (QED) is 0.179. The highest BCUT2D eigenvalue weighted by molar-refractivity contribution is 6.30. The lowest BCUT2D eigenvalue weighted by molar-refractivity contribution is -0.384. The normalized spacial score (nSPS) is 22.8. The Morgan fingerprint density at radius 2 is 1.59 bits per heavy atom. The van der Waals surface area contributed by atoms with Crippen LogP contribution in [0, 0.1) is 28.9 Å². The Hall–Kier alpha value is -4.89. The lowest BCUT2D eigenvalue weighted by Gasteiger charge is -2.33. The third-order valence-electron chi connectivity index (χ3n) is 7.88. The zero-order chi connectivity index (χ0) is 29.0. The number of nitrogens with zero attached hydrogens (tertiary/aromatic N) is 3. The molecule has 3 aliphatic rings. The van der Waals surface area contributed by atoms with Crippen molar-refractivity contribution in [3.05, 3.63) is 129 Å². The smallest absolute Gasteiger partial charge is 0.269 e. The van der Waals surface area contributed by atoms with Crippen molar-refractivity contribution in [1.82, 2.24) is 4.90 Å². The molecule has 2 amide bonds. The van der Waals surface area contributed by atoms with Crippen LogP contribution < -0.4 is 4.90 Å². The van der Waals surface area contributed by atoms with Crippen molar-refractivity contribution in [1.29, 1.82) is 0 Å². The Kier molecular flexibility index (Phi) is 6.38. The number of imide groups is 1. The van der Waals surface area contributed by atoms with Gasteiger partial charge in [0.05, 0.1) is 28.5 Å². The zero-order valence-electron chi connectivity index (χ0n) is 21.6. The molecule has 0 spiro atoms. The maximum absolute atomic E-state index is 14.0. The molecule has 9 nitrogen and oxygen atoms in total. The van der Waals surface area contributed by atoms with Gasteiger partial charge >= 0.3 is 0 Å². The van der Waals surface area contributed by atoms with Gasteiger partial charge in [-0.25, -0.2) is 4.90 Å². The van der Waals surface area contributed by atoms with Gasteiger partial charge in [-0.15, -0.1) is 0 Å². The number of halogens is 1. The molecule has 6 rings (SSSR count). The van der Waals surface area contributed by atoms with Crippen molar-refractivity contribution in [3.63, 3.8) is 0 Å². The van der Waals surface area contributed by atoms with Crippen molar-refractivity contribution in [2.45, 2.75) is 19.0 Å². The van der Waals surface area contributed by atoms with Gasteiger partial charge in [-0.2, -0.15) is 0 Å². The van der Waals surface area contributed by atoms with E-state index in [-0.39, 0.29) is 22.9 Å². The van der Waals surface area contributed by atoms with E-state index in [4.69, 9.17) is 11.6 Å². The summed E-state index contributed by atoms with van der Waals surface area (Å²) in [6, 6.07) is 17.1. The van der Waals surface area contributed by atoms with Gasteiger partial charge in [0.1, 0.15) is 6.04 Å². The summed E-state index contributed by atoms with van der Waals surface area (Å²) >= 11 is 6.03. The Labute approximate surface area is 239 Å². The number of non-ortho nitro benzene ring substituents is 1. The molecular weight excluding hydrogens is 546 g/mol. The van der Waals surface area contributed by atoms with E-state index < -0.39 is 40.7 Å². The molecule has 0 aliphatic carbocycles. The summed E-state index contributed by atoms with van der Waals surface area (Å²) in [7, 11) is 0. The Balaban J connectivity index is 1.44. The van der Waals surface area contributed by atoms with Crippen LogP contribution in [0.2, 0.25) is 5.02 Å². The standard InChI is InChI=1S/C31H22ClN3O6/c1-17-15-22(35(40)41)11-12-23(17)34-30(38)25-24-16-20(28(36)18-5-3-2-4-6-18)13-14-33(24)27(26(25)31(34)39)29(37)19-7-9-21(32)10-8-19/h2-16,24-27H,1H3/t24-,25+,26-,27+/m1/s1. The molecule has 0 aromatic heterocycles. The monoisotopic (exact) mass is 567 g/mol. The van der Waals surface area contributed by atoms with E-state index in [0.717, 1.165) is 4.90 Å². The molecule has 204 valence electrons. The summed E-state index contributed by atoms with van der Waals surface area (Å²) in [5, 5.41) is 11.7. The topological polar surface area (TPSA) is 118 Å². The minimum atomic E-state index is -1.04. The molecule has 41 heavy (non-hydrogen) atoms. The molecule has 10 heteroatoms. The van der Waals surface area contributed by atoms with Crippen molar-refractivity contribution in [2.24, 2.45) is 11.8 Å². The lowest BCUT2D eigenvalue weighted by Crippen LogP contribution is -2.46. The number of carbonyl (C=O) groups is 4. The molecule has 3 aliphatic heterocycles. The number of hydrogen-bond acceptors (Lipinski definition) is 7. The van der Waals surface area contributed by atoms with Crippen LogP contribution in [-0.4, -0.2) is 45.3 Å². The largest absolute Gasteiger partial charge is 0.359 e. The second kappa shape index (κ2) is 9.94. The fourth-order valence-corrected chi connectivity index (χ4v) is 6.11. The van der Waals surface area contributed by atoms with E-state index in [2.05, 4.69) is 0 Å². The summed E-state index contributed by atoms with van der Waals surface area (Å²) in [4.78, 5) is 68.6. The van der Waals surface area contributed by atoms with Crippen LogP contribution in [0.4, 0.5) is 11.4 Å². The van der Waals surface area contributed by atoms with Gasteiger partial charge in [0.2, 0.25) is 11.8 Å². The number of fused-ring (bicyclic) bond motifs is 3. The highest BCUT2D eigenvalue weighted by Crippen LogP contribution is 2.47. The van der Waals surface area contributed by atoms with Gasteiger partial charge < -0.3 is 4.90 Å². The number of allylic oxidation sites excluding steroid dienone is 2. The van der Waals surface area contributed by atoms with E-state index in [1.807, 2.05) is 0 Å². The predicted octanol–water partition coefficient (Wildman–Crippen LogP) is 4.93. The number of benzene rings is 3. The van der Waals surface area contributed by atoms with Crippen molar-refractivity contribution >= 4 is 46.4 Å². The number of rotatable bonds is 6. The van der Waals surface area contributed by atoms with Crippen LogP contribution in [0.5, 0.6) is 0 Å². The number of nitro groups is 1. The predicted molar refractivity (Wildman–Crippen MR) is 150 cm³/mol. The second-order valence-corrected chi connectivity index (χ2v) is 10.6. The molecule has 3 heterocycles. The van der Waals surface area contributed by atoms with E-state index in [9.17, 15) is 29.3 Å². The third kappa shape index (κ3) is 4.25. The Morgan fingerprint density at radius 3 is 2.24 bits per heavy atom. The van der Waals surface area contributed by atoms with E-state index in [0.29, 0.717) is 27.3 Å². The van der Waals surface area contributed by atoms with E-state index in [1.54, 1.807) is 84.8 Å². The summed E-state index contributed by atoms with van der Waals surface area (Å²) in [6.45, 7) is 1.58. The van der Waals surface area contributed by atoms with Gasteiger partial charge in [0, 0.05) is 40.1 Å². The zero-order valence-corrected chi connectivity index (χ0v) is 22.4. The van der Waals surface area contributed by atoms with Crippen molar-refractivity contribution < 1.29 is 24.1 Å². The van der Waals surface area contributed by atoms with Crippen LogP contribution in [0.1, 0.15) is 26.3 Å². The molecule has 0 unspecified atom stereocenters. The summed E-state index contributed by atoms with van der Waals surface area (Å²) < 4.78 is 0. The summed E-state index contributed by atoms with van der Waals surface area (Å²) in [5.74, 6) is -3.71. The molecule has 3 aromatic rings. The van der Waals surface area contributed by atoms with Gasteiger partial charge in [-0.1, -0.05) is 48.0 Å². The molecule has 0 N–H and O–H groups in total. The summed E-state index contributed by atoms with van der Waals surface area (Å²) in [5.41, 5.74) is 1.57. The first-order valence-corrected chi connectivity index (χ1v) is 13.2. The highest BCUT2D eigenvalue weighted by atomic mass is 35.5. The van der Waals surface area contributed by atoms with E-state index >= 15 is 0 Å². The number of carbonyl (C=O) groups excluding carboxylic acids is 4. The fourth-order valence-electron chi connectivity index (χ4n) is 5.98. The number of Topliss-reactive ketones (excluding diaryl/α,β-unsaturated/α-hetero) is 2. The molecule has 2 saturated heterocycles. The van der Waals surface area contributed by atoms with Crippen molar-refractivity contribution in [2.75, 3.05) is 4.90 Å². The average Bonchev–Trinajstić information content (AvgIpc) is 3.44. The first-order chi connectivity index (χ1) is 19.7. The van der Waals surface area contributed by atoms with Crippen LogP contribution in [0.15, 0.2) is 96.7 Å². The molecular formula is C31H22ClN3O6. The number of anilines is 1. The third-order valence-corrected chi connectivity index (χ3v) is 8.13. The Morgan fingerprint density at radius 1 is 0.902 bits per heavy atom. The average molecular weight is 568 g/mol. The maximum Gasteiger partial charge on any atom is 0.269 e. The molecule has 4 atom stereocenters. The van der Waals surface area contributed by atoms with Crippen molar-refractivity contribution in [3.8, 4) is 0 Å². The number of hydrogen-bond donors (Lipinski definition) is 0. The minimum Gasteiger partial charge on any atom is -0.359 e. The van der Waals surface area contributed by atoms with Crippen LogP contribution >= 0.6 is 11.6 Å².